The Kier molecular flexibility index (Phi) is 5.83. The van der Waals surface area contributed by atoms with E-state index in [2.05, 4.69) is 5.32 Å². The summed E-state index contributed by atoms with van der Waals surface area (Å²) in [6.07, 6.45) is 0.441. The summed E-state index contributed by atoms with van der Waals surface area (Å²) < 4.78 is 4.80. The second-order valence-electron chi connectivity index (χ2n) is 6.94. The fourth-order valence-electron chi connectivity index (χ4n) is 3.26. The maximum atomic E-state index is 12.5. The highest BCUT2D eigenvalue weighted by Crippen LogP contribution is 2.33. The molecule has 2 aromatic rings. The summed E-state index contributed by atoms with van der Waals surface area (Å²) in [6.45, 7) is 5.69. The molecule has 7 nitrogen and oxygen atoms in total. The number of nitrogens with one attached hydrogen (secondary N) is 1. The minimum Gasteiger partial charge on any atom is -0.465 e. The lowest BCUT2D eigenvalue weighted by Crippen LogP contribution is -2.31. The van der Waals surface area contributed by atoms with Crippen LogP contribution >= 0.6 is 11.3 Å². The number of ether oxygens (including phenoxy) is 1. The predicted molar refractivity (Wildman–Crippen MR) is 110 cm³/mol. The summed E-state index contributed by atoms with van der Waals surface area (Å²) in [5, 5.41) is 3.20. The van der Waals surface area contributed by atoms with Crippen molar-refractivity contribution in [3.63, 3.8) is 0 Å². The van der Waals surface area contributed by atoms with Gasteiger partial charge in [0.2, 0.25) is 5.91 Å². The van der Waals surface area contributed by atoms with E-state index in [0.29, 0.717) is 28.1 Å². The van der Waals surface area contributed by atoms with Gasteiger partial charge in [-0.25, -0.2) is 4.79 Å². The third kappa shape index (κ3) is 3.93. The SMILES string of the molecule is COC(=O)c1c(NC(=O)CCCN2C(=O)c3ccc(C)cc3C2=O)sc(C)c1C. The molecule has 29 heavy (non-hydrogen) atoms. The number of rotatable bonds is 6. The molecule has 0 radical (unpaired) electrons. The van der Waals surface area contributed by atoms with Gasteiger partial charge in [0, 0.05) is 17.8 Å². The van der Waals surface area contributed by atoms with Crippen LogP contribution in [0.4, 0.5) is 5.00 Å². The number of anilines is 1. The standard InChI is InChI=1S/C21H22N2O5S/c1-11-7-8-14-15(10-11)20(26)23(19(14)25)9-5-6-16(24)22-18-17(21(27)28-4)12(2)13(3)29-18/h7-8,10H,5-6,9H2,1-4H3,(H,22,24). The number of hydrogen-bond acceptors (Lipinski definition) is 6. The number of carbonyl (C=O) groups is 4. The molecule has 1 aromatic heterocycles. The van der Waals surface area contributed by atoms with Crippen LogP contribution in [0.15, 0.2) is 18.2 Å². The number of esters is 1. The van der Waals surface area contributed by atoms with Gasteiger partial charge in [-0.05, 0) is 44.9 Å². The molecule has 8 heteroatoms. The van der Waals surface area contributed by atoms with Crippen LogP contribution in [-0.4, -0.2) is 42.2 Å². The van der Waals surface area contributed by atoms with Crippen molar-refractivity contribution in [3.8, 4) is 0 Å². The van der Waals surface area contributed by atoms with Gasteiger partial charge in [0.1, 0.15) is 5.00 Å². The number of aryl methyl sites for hydroxylation is 2. The number of thiophene rings is 1. The number of imide groups is 1. The number of nitrogens with zero attached hydrogens (tertiary/aromatic N) is 1. The first-order valence-corrected chi connectivity index (χ1v) is 10.0. The second-order valence-corrected chi connectivity index (χ2v) is 8.17. The van der Waals surface area contributed by atoms with Gasteiger partial charge in [0.15, 0.2) is 0 Å². The molecule has 3 amide bonds. The van der Waals surface area contributed by atoms with Crippen molar-refractivity contribution in [1.82, 2.24) is 4.90 Å². The fraction of sp³-hybridized carbons (Fsp3) is 0.333. The lowest BCUT2D eigenvalue weighted by molar-refractivity contribution is -0.116. The third-order valence-corrected chi connectivity index (χ3v) is 6.06. The van der Waals surface area contributed by atoms with Crippen molar-refractivity contribution in [1.29, 1.82) is 0 Å². The van der Waals surface area contributed by atoms with Gasteiger partial charge in [-0.1, -0.05) is 11.6 Å². The first kappa shape index (κ1) is 20.7. The Morgan fingerprint density at radius 1 is 1.10 bits per heavy atom. The quantitative estimate of drug-likeness (QED) is 0.577. The highest BCUT2D eigenvalue weighted by Gasteiger charge is 2.35. The zero-order valence-corrected chi connectivity index (χ0v) is 17.6. The molecule has 1 aliphatic rings. The van der Waals surface area contributed by atoms with Crippen molar-refractivity contribution in [2.75, 3.05) is 19.0 Å². The average molecular weight is 414 g/mol. The van der Waals surface area contributed by atoms with Gasteiger partial charge in [-0.15, -0.1) is 11.3 Å². The molecule has 1 N–H and O–H groups in total. The molecule has 0 bridgehead atoms. The van der Waals surface area contributed by atoms with E-state index in [9.17, 15) is 19.2 Å². The molecule has 3 rings (SSSR count). The molecular formula is C21H22N2O5S. The Morgan fingerprint density at radius 2 is 1.79 bits per heavy atom. The maximum absolute atomic E-state index is 12.5. The van der Waals surface area contributed by atoms with Crippen LogP contribution in [-0.2, 0) is 9.53 Å². The molecule has 1 aromatic carbocycles. The lowest BCUT2D eigenvalue weighted by Gasteiger charge is -2.13. The summed E-state index contributed by atoms with van der Waals surface area (Å²) in [4.78, 5) is 51.3. The Bertz CT molecular complexity index is 1020. The topological polar surface area (TPSA) is 92.8 Å². The van der Waals surface area contributed by atoms with Gasteiger partial charge in [-0.3, -0.25) is 19.3 Å². The summed E-state index contributed by atoms with van der Waals surface area (Å²) in [6, 6.07) is 5.16. The Labute approximate surface area is 172 Å². The first-order valence-electron chi connectivity index (χ1n) is 9.19. The maximum Gasteiger partial charge on any atom is 0.341 e. The largest absolute Gasteiger partial charge is 0.465 e. The zero-order valence-electron chi connectivity index (χ0n) is 16.8. The van der Waals surface area contributed by atoms with E-state index in [1.54, 1.807) is 25.1 Å². The average Bonchev–Trinajstić information content (AvgIpc) is 3.08. The smallest absolute Gasteiger partial charge is 0.341 e. The summed E-state index contributed by atoms with van der Waals surface area (Å²) >= 11 is 1.31. The highest BCUT2D eigenvalue weighted by atomic mass is 32.1. The van der Waals surface area contributed by atoms with Gasteiger partial charge in [0.25, 0.3) is 11.8 Å². The molecule has 0 fully saturated rings. The van der Waals surface area contributed by atoms with Crippen LogP contribution in [0.2, 0.25) is 0 Å². The van der Waals surface area contributed by atoms with Crippen molar-refractivity contribution in [3.05, 3.63) is 50.9 Å². The molecule has 0 atom stereocenters. The first-order chi connectivity index (χ1) is 13.7. The fourth-order valence-corrected chi connectivity index (χ4v) is 4.32. The molecule has 0 unspecified atom stereocenters. The van der Waals surface area contributed by atoms with Crippen LogP contribution in [0.1, 0.15) is 59.9 Å². The molecule has 0 saturated carbocycles. The van der Waals surface area contributed by atoms with Crippen LogP contribution in [0, 0.1) is 20.8 Å². The molecule has 152 valence electrons. The minimum atomic E-state index is -0.497. The van der Waals surface area contributed by atoms with E-state index in [-0.39, 0.29) is 30.7 Å². The predicted octanol–water partition coefficient (Wildman–Crippen LogP) is 3.47. The van der Waals surface area contributed by atoms with Gasteiger partial charge in [0.05, 0.1) is 23.8 Å². The van der Waals surface area contributed by atoms with Gasteiger partial charge < -0.3 is 10.1 Å². The van der Waals surface area contributed by atoms with E-state index in [1.807, 2.05) is 13.8 Å². The summed E-state index contributed by atoms with van der Waals surface area (Å²) in [7, 11) is 1.30. The van der Waals surface area contributed by atoms with Crippen LogP contribution in [0.5, 0.6) is 0 Å². The van der Waals surface area contributed by atoms with Crippen LogP contribution in [0.25, 0.3) is 0 Å². The number of methoxy groups -OCH3 is 1. The summed E-state index contributed by atoms with van der Waals surface area (Å²) in [5.74, 6) is -1.44. The number of benzene rings is 1. The lowest BCUT2D eigenvalue weighted by atomic mass is 10.1. The van der Waals surface area contributed by atoms with E-state index in [4.69, 9.17) is 4.74 Å². The number of hydrogen-bond donors (Lipinski definition) is 1. The minimum absolute atomic E-state index is 0.114. The molecule has 0 saturated heterocycles. The van der Waals surface area contributed by atoms with Crippen molar-refractivity contribution >= 4 is 40.0 Å². The normalized spacial score (nSPS) is 12.9. The van der Waals surface area contributed by atoms with Crippen molar-refractivity contribution in [2.45, 2.75) is 33.6 Å². The van der Waals surface area contributed by atoms with Crippen molar-refractivity contribution < 1.29 is 23.9 Å². The van der Waals surface area contributed by atoms with E-state index < -0.39 is 5.97 Å². The monoisotopic (exact) mass is 414 g/mol. The molecular weight excluding hydrogens is 392 g/mol. The Hall–Kier alpha value is -3.00. The highest BCUT2D eigenvalue weighted by molar-refractivity contribution is 7.16. The second kappa shape index (κ2) is 8.16. The van der Waals surface area contributed by atoms with E-state index in [1.165, 1.54) is 23.3 Å². The van der Waals surface area contributed by atoms with Gasteiger partial charge in [-0.2, -0.15) is 0 Å². The summed E-state index contributed by atoms with van der Waals surface area (Å²) in [5.41, 5.74) is 2.86. The van der Waals surface area contributed by atoms with E-state index >= 15 is 0 Å². The molecule has 2 heterocycles. The molecule has 0 spiro atoms. The number of fused-ring (bicyclic) bond motifs is 1. The zero-order chi connectivity index (χ0) is 21.3. The number of carbonyl (C=O) groups excluding carboxylic acids is 4. The third-order valence-electron chi connectivity index (χ3n) is 4.94. The van der Waals surface area contributed by atoms with Crippen molar-refractivity contribution in [2.24, 2.45) is 0 Å². The van der Waals surface area contributed by atoms with E-state index in [0.717, 1.165) is 16.0 Å². The van der Waals surface area contributed by atoms with Crippen LogP contribution in [0.3, 0.4) is 0 Å². The van der Waals surface area contributed by atoms with Crippen LogP contribution < -0.4 is 5.32 Å². The Morgan fingerprint density at radius 3 is 2.48 bits per heavy atom. The Balaban J connectivity index is 1.60. The number of amides is 3. The van der Waals surface area contributed by atoms with Gasteiger partial charge >= 0.3 is 5.97 Å². The molecule has 0 aliphatic carbocycles. The molecule has 1 aliphatic heterocycles.